The predicted molar refractivity (Wildman–Crippen MR) is 102 cm³/mol. The van der Waals surface area contributed by atoms with Gasteiger partial charge < -0.3 is 10.2 Å². The highest BCUT2D eigenvalue weighted by molar-refractivity contribution is 6.05. The van der Waals surface area contributed by atoms with E-state index in [1.807, 2.05) is 54.6 Å². The van der Waals surface area contributed by atoms with Gasteiger partial charge in [0.15, 0.2) is 0 Å². The fraction of sp³-hybridized carbons (Fsp3) is 0.238. The average molecular weight is 331 g/mol. The van der Waals surface area contributed by atoms with Crippen LogP contribution in [0.2, 0.25) is 0 Å². The van der Waals surface area contributed by atoms with Crippen LogP contribution in [0.25, 0.3) is 10.9 Å². The number of fused-ring (bicyclic) bond motifs is 1. The summed E-state index contributed by atoms with van der Waals surface area (Å²) >= 11 is 0. The van der Waals surface area contributed by atoms with Crippen molar-refractivity contribution in [1.82, 2.24) is 4.98 Å². The van der Waals surface area contributed by atoms with Crippen LogP contribution in [-0.2, 0) is 0 Å². The fourth-order valence-corrected chi connectivity index (χ4v) is 3.32. The van der Waals surface area contributed by atoms with Crippen molar-refractivity contribution in [3.63, 3.8) is 0 Å². The van der Waals surface area contributed by atoms with Gasteiger partial charge in [-0.15, -0.1) is 0 Å². The second kappa shape index (κ2) is 6.93. The van der Waals surface area contributed by atoms with Gasteiger partial charge in [-0.3, -0.25) is 9.78 Å². The normalized spacial score (nSPS) is 14.5. The molecule has 1 N–H and O–H groups in total. The molecule has 4 nitrogen and oxygen atoms in total. The molecule has 2 heterocycles. The number of hydrogen-bond acceptors (Lipinski definition) is 3. The largest absolute Gasteiger partial charge is 0.372 e. The van der Waals surface area contributed by atoms with E-state index in [9.17, 15) is 4.79 Å². The first-order chi connectivity index (χ1) is 12.3. The van der Waals surface area contributed by atoms with Gasteiger partial charge in [-0.1, -0.05) is 18.2 Å². The number of aromatic nitrogens is 1. The zero-order valence-corrected chi connectivity index (χ0v) is 14.1. The van der Waals surface area contributed by atoms with Gasteiger partial charge in [-0.2, -0.15) is 0 Å². The number of pyridine rings is 1. The molecule has 1 aliphatic rings. The van der Waals surface area contributed by atoms with Gasteiger partial charge in [0.2, 0.25) is 0 Å². The Bertz CT molecular complexity index is 883. The van der Waals surface area contributed by atoms with Gasteiger partial charge in [0.1, 0.15) is 0 Å². The summed E-state index contributed by atoms with van der Waals surface area (Å²) in [5.41, 5.74) is 3.49. The summed E-state index contributed by atoms with van der Waals surface area (Å²) in [4.78, 5) is 19.3. The molecule has 0 saturated carbocycles. The maximum Gasteiger partial charge on any atom is 0.255 e. The highest BCUT2D eigenvalue weighted by Gasteiger charge is 2.12. The Kier molecular flexibility index (Phi) is 4.34. The molecule has 4 rings (SSSR count). The summed E-state index contributed by atoms with van der Waals surface area (Å²) in [7, 11) is 0. The van der Waals surface area contributed by atoms with E-state index in [4.69, 9.17) is 0 Å². The van der Waals surface area contributed by atoms with Crippen LogP contribution in [0.15, 0.2) is 60.8 Å². The van der Waals surface area contributed by atoms with Crippen molar-refractivity contribution in [3.8, 4) is 0 Å². The molecule has 1 amide bonds. The number of carbonyl (C=O) groups excluding carboxylic acids is 1. The SMILES string of the molecule is O=C(Nc1cnc2ccccc2c1)c1ccc(N2CCCCC2)cc1. The van der Waals surface area contributed by atoms with Gasteiger partial charge >= 0.3 is 0 Å². The van der Waals surface area contributed by atoms with E-state index in [1.54, 1.807) is 6.20 Å². The third-order valence-electron chi connectivity index (χ3n) is 4.70. The number of anilines is 2. The number of rotatable bonds is 3. The Morgan fingerprint density at radius 2 is 1.72 bits per heavy atom. The number of benzene rings is 2. The van der Waals surface area contributed by atoms with E-state index in [1.165, 1.54) is 24.9 Å². The van der Waals surface area contributed by atoms with E-state index in [-0.39, 0.29) is 5.91 Å². The molecule has 1 fully saturated rings. The van der Waals surface area contributed by atoms with Gasteiger partial charge in [-0.25, -0.2) is 0 Å². The van der Waals surface area contributed by atoms with Crippen molar-refractivity contribution in [2.75, 3.05) is 23.3 Å². The molecule has 0 bridgehead atoms. The molecule has 4 heteroatoms. The number of para-hydroxylation sites is 1. The van der Waals surface area contributed by atoms with Crippen molar-refractivity contribution in [1.29, 1.82) is 0 Å². The number of piperidine rings is 1. The summed E-state index contributed by atoms with van der Waals surface area (Å²) in [5.74, 6) is -0.109. The Hall–Kier alpha value is -2.88. The summed E-state index contributed by atoms with van der Waals surface area (Å²) in [6.07, 6.45) is 5.51. The van der Waals surface area contributed by atoms with Crippen LogP contribution in [0.3, 0.4) is 0 Å². The first kappa shape index (κ1) is 15.6. The number of hydrogen-bond donors (Lipinski definition) is 1. The van der Waals surface area contributed by atoms with Crippen molar-refractivity contribution >= 4 is 28.2 Å². The Labute approximate surface area is 147 Å². The molecule has 1 aromatic heterocycles. The molecule has 1 saturated heterocycles. The first-order valence-corrected chi connectivity index (χ1v) is 8.81. The van der Waals surface area contributed by atoms with Crippen molar-refractivity contribution in [2.45, 2.75) is 19.3 Å². The number of nitrogens with zero attached hydrogens (tertiary/aromatic N) is 2. The smallest absolute Gasteiger partial charge is 0.255 e. The molecular formula is C21H21N3O. The maximum absolute atomic E-state index is 12.5. The fourth-order valence-electron chi connectivity index (χ4n) is 3.32. The van der Waals surface area contributed by atoms with Crippen LogP contribution < -0.4 is 10.2 Å². The topological polar surface area (TPSA) is 45.2 Å². The van der Waals surface area contributed by atoms with E-state index in [0.29, 0.717) is 11.3 Å². The summed E-state index contributed by atoms with van der Waals surface area (Å²) in [6, 6.07) is 17.7. The van der Waals surface area contributed by atoms with E-state index in [2.05, 4.69) is 15.2 Å². The Morgan fingerprint density at radius 3 is 2.52 bits per heavy atom. The van der Waals surface area contributed by atoms with Crippen LogP contribution in [0.4, 0.5) is 11.4 Å². The predicted octanol–water partition coefficient (Wildman–Crippen LogP) is 4.48. The maximum atomic E-state index is 12.5. The monoisotopic (exact) mass is 331 g/mol. The molecule has 1 aliphatic heterocycles. The van der Waals surface area contributed by atoms with E-state index < -0.39 is 0 Å². The Balaban J connectivity index is 1.48. The Morgan fingerprint density at radius 1 is 0.960 bits per heavy atom. The number of carbonyl (C=O) groups is 1. The molecular weight excluding hydrogens is 310 g/mol. The summed E-state index contributed by atoms with van der Waals surface area (Å²) < 4.78 is 0. The van der Waals surface area contributed by atoms with Crippen LogP contribution in [0.1, 0.15) is 29.6 Å². The third-order valence-corrected chi connectivity index (χ3v) is 4.70. The second-order valence-electron chi connectivity index (χ2n) is 6.47. The molecule has 0 atom stereocenters. The highest BCUT2D eigenvalue weighted by Crippen LogP contribution is 2.21. The lowest BCUT2D eigenvalue weighted by Gasteiger charge is -2.28. The molecule has 2 aromatic carbocycles. The molecule has 126 valence electrons. The lowest BCUT2D eigenvalue weighted by Crippen LogP contribution is -2.29. The lowest BCUT2D eigenvalue weighted by atomic mass is 10.1. The average Bonchev–Trinajstić information content (AvgIpc) is 2.69. The molecule has 25 heavy (non-hydrogen) atoms. The van der Waals surface area contributed by atoms with Crippen LogP contribution in [-0.4, -0.2) is 24.0 Å². The minimum Gasteiger partial charge on any atom is -0.372 e. The highest BCUT2D eigenvalue weighted by atomic mass is 16.1. The van der Waals surface area contributed by atoms with Gasteiger partial charge in [-0.05, 0) is 55.7 Å². The quantitative estimate of drug-likeness (QED) is 0.770. The zero-order chi connectivity index (χ0) is 17.1. The van der Waals surface area contributed by atoms with Crippen LogP contribution in [0, 0.1) is 0 Å². The number of nitrogens with one attached hydrogen (secondary N) is 1. The third kappa shape index (κ3) is 3.48. The standard InChI is InChI=1S/C21H21N3O/c25-21(23-18-14-17-6-2-3-7-20(17)22-15-18)16-8-10-19(11-9-16)24-12-4-1-5-13-24/h2-3,6-11,14-15H,1,4-5,12-13H2,(H,23,25). The van der Waals surface area contributed by atoms with Gasteiger partial charge in [0.25, 0.3) is 5.91 Å². The number of amides is 1. The van der Waals surface area contributed by atoms with Gasteiger partial charge in [0.05, 0.1) is 17.4 Å². The van der Waals surface area contributed by atoms with Crippen molar-refractivity contribution < 1.29 is 4.79 Å². The van der Waals surface area contributed by atoms with Crippen molar-refractivity contribution in [3.05, 3.63) is 66.4 Å². The van der Waals surface area contributed by atoms with Crippen molar-refractivity contribution in [2.24, 2.45) is 0 Å². The zero-order valence-electron chi connectivity index (χ0n) is 14.1. The molecule has 3 aromatic rings. The van der Waals surface area contributed by atoms with E-state index in [0.717, 1.165) is 24.0 Å². The molecule has 0 aliphatic carbocycles. The summed E-state index contributed by atoms with van der Waals surface area (Å²) in [6.45, 7) is 2.21. The minimum atomic E-state index is -0.109. The molecule has 0 radical (unpaired) electrons. The minimum absolute atomic E-state index is 0.109. The first-order valence-electron chi connectivity index (χ1n) is 8.81. The summed E-state index contributed by atoms with van der Waals surface area (Å²) in [5, 5.41) is 3.95. The van der Waals surface area contributed by atoms with Gasteiger partial charge in [0, 0.05) is 29.7 Å². The second-order valence-corrected chi connectivity index (χ2v) is 6.47. The van der Waals surface area contributed by atoms with Crippen LogP contribution >= 0.6 is 0 Å². The van der Waals surface area contributed by atoms with Crippen LogP contribution in [0.5, 0.6) is 0 Å². The molecule has 0 spiro atoms. The molecule has 0 unspecified atom stereocenters. The van der Waals surface area contributed by atoms with E-state index >= 15 is 0 Å². The lowest BCUT2D eigenvalue weighted by molar-refractivity contribution is 0.102.